The molecule has 2 aromatic rings. The van der Waals surface area contributed by atoms with E-state index in [0.717, 1.165) is 11.3 Å². The zero-order chi connectivity index (χ0) is 17.1. The van der Waals surface area contributed by atoms with Gasteiger partial charge in [0.1, 0.15) is 6.61 Å². The molecule has 2 amide bonds. The summed E-state index contributed by atoms with van der Waals surface area (Å²) in [5.41, 5.74) is 2.64. The van der Waals surface area contributed by atoms with E-state index in [1.165, 1.54) is 0 Å². The quantitative estimate of drug-likeness (QED) is 0.812. The van der Waals surface area contributed by atoms with E-state index in [4.69, 9.17) is 9.47 Å². The third kappa shape index (κ3) is 3.23. The Morgan fingerprint density at radius 1 is 1.46 bits per heavy atom. The Hall–Kier alpha value is -2.87. The topological polar surface area (TPSA) is 94.5 Å². The Kier molecular flexibility index (Phi) is 4.48. The number of amides is 2. The molecule has 2 heterocycles. The molecular weight excluding hydrogens is 312 g/mol. The largest absolute Gasteiger partial charge is 0.457 e. The van der Waals surface area contributed by atoms with E-state index in [-0.39, 0.29) is 18.6 Å². The highest BCUT2D eigenvalue weighted by Gasteiger charge is 2.22. The minimum absolute atomic E-state index is 0.275. The lowest BCUT2D eigenvalue weighted by atomic mass is 10.1. The van der Waals surface area contributed by atoms with Crippen LogP contribution < -0.4 is 10.6 Å². The summed E-state index contributed by atoms with van der Waals surface area (Å²) in [6.07, 6.45) is 1.66. The number of hydrogen-bond acceptors (Lipinski definition) is 5. The highest BCUT2D eigenvalue weighted by atomic mass is 16.5. The molecule has 24 heavy (non-hydrogen) atoms. The van der Waals surface area contributed by atoms with Crippen molar-refractivity contribution >= 4 is 17.7 Å². The van der Waals surface area contributed by atoms with Crippen LogP contribution in [0.4, 0.5) is 10.5 Å². The lowest BCUT2D eigenvalue weighted by molar-refractivity contribution is 0.0535. The van der Waals surface area contributed by atoms with E-state index in [0.29, 0.717) is 17.9 Å². The van der Waals surface area contributed by atoms with Crippen molar-refractivity contribution in [3.05, 3.63) is 47.3 Å². The minimum atomic E-state index is -0.399. The van der Waals surface area contributed by atoms with Gasteiger partial charge in [0.15, 0.2) is 0 Å². The van der Waals surface area contributed by atoms with E-state index in [2.05, 4.69) is 15.7 Å². The van der Waals surface area contributed by atoms with Crippen molar-refractivity contribution in [2.45, 2.75) is 12.6 Å². The van der Waals surface area contributed by atoms with Crippen LogP contribution in [0.5, 0.6) is 0 Å². The Bertz CT molecular complexity index is 771. The Labute approximate surface area is 138 Å². The van der Waals surface area contributed by atoms with Crippen molar-refractivity contribution in [2.24, 2.45) is 7.05 Å². The van der Waals surface area contributed by atoms with Gasteiger partial charge in [-0.15, -0.1) is 0 Å². The third-order valence-corrected chi connectivity index (χ3v) is 3.80. The maximum absolute atomic E-state index is 12.3. The number of hydrogen-bond donors (Lipinski definition) is 2. The molecule has 0 spiro atoms. The van der Waals surface area contributed by atoms with Crippen molar-refractivity contribution in [1.82, 2.24) is 15.1 Å². The molecule has 1 atom stereocenters. The van der Waals surface area contributed by atoms with Gasteiger partial charge >= 0.3 is 12.0 Å². The van der Waals surface area contributed by atoms with Crippen molar-refractivity contribution in [3.8, 4) is 0 Å². The number of aryl methyl sites for hydroxylation is 1. The Morgan fingerprint density at radius 3 is 3.00 bits per heavy atom. The second-order valence-electron chi connectivity index (χ2n) is 5.43. The minimum Gasteiger partial charge on any atom is -0.457 e. The molecule has 2 N–H and O–H groups in total. The number of rotatable bonds is 5. The number of methoxy groups -OCH3 is 1. The van der Waals surface area contributed by atoms with Crippen LogP contribution in [-0.4, -0.2) is 35.5 Å². The number of nitrogens with one attached hydrogen (secondary N) is 2. The van der Waals surface area contributed by atoms with Gasteiger partial charge in [0.05, 0.1) is 23.9 Å². The van der Waals surface area contributed by atoms with Gasteiger partial charge in [0, 0.05) is 31.6 Å². The first-order valence-electron chi connectivity index (χ1n) is 7.43. The zero-order valence-corrected chi connectivity index (χ0v) is 13.4. The number of benzene rings is 1. The molecule has 1 aliphatic heterocycles. The molecule has 0 bridgehead atoms. The van der Waals surface area contributed by atoms with E-state index in [1.54, 1.807) is 43.2 Å². The van der Waals surface area contributed by atoms with E-state index < -0.39 is 6.03 Å². The number of carbonyl (C=O) groups is 2. The van der Waals surface area contributed by atoms with Crippen LogP contribution in [0.1, 0.15) is 27.7 Å². The molecule has 3 rings (SSSR count). The number of aromatic nitrogens is 2. The van der Waals surface area contributed by atoms with E-state index in [1.807, 2.05) is 6.07 Å². The molecule has 8 nitrogen and oxygen atoms in total. The number of fused-ring (bicyclic) bond motifs is 1. The van der Waals surface area contributed by atoms with Gasteiger partial charge in [0.2, 0.25) is 0 Å². The molecule has 1 aromatic heterocycles. The monoisotopic (exact) mass is 330 g/mol. The Morgan fingerprint density at radius 2 is 2.29 bits per heavy atom. The standard InChI is InChI=1S/C16H18N4O4/c1-20-14(5-6-17-20)13(9-23-2)19-16(22)18-11-4-3-10-8-24-15(21)12(10)7-11/h3-7,13H,8-9H2,1-2H3,(H2,18,19,22). The van der Waals surface area contributed by atoms with Crippen molar-refractivity contribution in [2.75, 3.05) is 19.0 Å². The molecule has 0 saturated heterocycles. The summed E-state index contributed by atoms with van der Waals surface area (Å²) >= 11 is 0. The molecule has 0 saturated carbocycles. The molecular formula is C16H18N4O4. The average Bonchev–Trinajstić information content (AvgIpc) is 3.13. The highest BCUT2D eigenvalue weighted by Crippen LogP contribution is 2.23. The third-order valence-electron chi connectivity index (χ3n) is 3.80. The van der Waals surface area contributed by atoms with Crippen LogP contribution in [0.2, 0.25) is 0 Å². The number of carbonyl (C=O) groups excluding carboxylic acids is 2. The lowest BCUT2D eigenvalue weighted by Crippen LogP contribution is -2.35. The van der Waals surface area contributed by atoms with Gasteiger partial charge < -0.3 is 20.1 Å². The van der Waals surface area contributed by atoms with Crippen molar-refractivity contribution in [3.63, 3.8) is 0 Å². The second-order valence-corrected chi connectivity index (χ2v) is 5.43. The van der Waals surface area contributed by atoms with Crippen LogP contribution in [0.25, 0.3) is 0 Å². The van der Waals surface area contributed by atoms with Crippen LogP contribution in [0.3, 0.4) is 0 Å². The number of cyclic esters (lactones) is 1. The summed E-state index contributed by atoms with van der Waals surface area (Å²) < 4.78 is 11.8. The maximum atomic E-state index is 12.3. The normalized spacial score (nSPS) is 14.0. The molecule has 1 unspecified atom stereocenters. The molecule has 1 aliphatic rings. The summed E-state index contributed by atoms with van der Waals surface area (Å²) in [6.45, 7) is 0.584. The summed E-state index contributed by atoms with van der Waals surface area (Å²) in [6, 6.07) is 6.18. The fourth-order valence-electron chi connectivity index (χ4n) is 2.61. The van der Waals surface area contributed by atoms with Gasteiger partial charge in [-0.1, -0.05) is 6.07 Å². The maximum Gasteiger partial charge on any atom is 0.338 e. The molecule has 0 aliphatic carbocycles. The van der Waals surface area contributed by atoms with Crippen LogP contribution in [0.15, 0.2) is 30.5 Å². The Balaban J connectivity index is 1.69. The first-order chi connectivity index (χ1) is 11.6. The molecule has 0 radical (unpaired) electrons. The highest BCUT2D eigenvalue weighted by molar-refractivity contribution is 5.96. The van der Waals surface area contributed by atoms with Crippen molar-refractivity contribution in [1.29, 1.82) is 0 Å². The predicted molar refractivity (Wildman–Crippen MR) is 85.5 cm³/mol. The number of urea groups is 1. The number of esters is 1. The number of ether oxygens (including phenoxy) is 2. The lowest BCUT2D eigenvalue weighted by Gasteiger charge is -2.18. The van der Waals surface area contributed by atoms with E-state index in [9.17, 15) is 9.59 Å². The summed E-state index contributed by atoms with van der Waals surface area (Å²) in [4.78, 5) is 23.8. The molecule has 1 aromatic carbocycles. The van der Waals surface area contributed by atoms with Gasteiger partial charge in [-0.3, -0.25) is 4.68 Å². The van der Waals surface area contributed by atoms with Gasteiger partial charge in [0.25, 0.3) is 0 Å². The summed E-state index contributed by atoms with van der Waals surface area (Å²) in [5, 5.41) is 9.65. The predicted octanol–water partition coefficient (Wildman–Crippen LogP) is 1.60. The molecule has 126 valence electrons. The average molecular weight is 330 g/mol. The molecule has 0 fully saturated rings. The van der Waals surface area contributed by atoms with Gasteiger partial charge in [-0.25, -0.2) is 9.59 Å². The zero-order valence-electron chi connectivity index (χ0n) is 13.4. The fourth-order valence-corrected chi connectivity index (χ4v) is 2.61. The first kappa shape index (κ1) is 16.0. The van der Waals surface area contributed by atoms with Crippen LogP contribution >= 0.6 is 0 Å². The summed E-state index contributed by atoms with van der Waals surface area (Å²) in [7, 11) is 3.36. The molecule has 8 heteroatoms. The number of nitrogens with zero attached hydrogens (tertiary/aromatic N) is 2. The van der Waals surface area contributed by atoms with Crippen LogP contribution in [0, 0.1) is 0 Å². The number of anilines is 1. The van der Waals surface area contributed by atoms with E-state index >= 15 is 0 Å². The van der Waals surface area contributed by atoms with Gasteiger partial charge in [-0.2, -0.15) is 5.10 Å². The van der Waals surface area contributed by atoms with Crippen LogP contribution in [-0.2, 0) is 23.1 Å². The summed E-state index contributed by atoms with van der Waals surface area (Å²) in [5.74, 6) is -0.374. The van der Waals surface area contributed by atoms with Crippen molar-refractivity contribution < 1.29 is 19.1 Å². The first-order valence-corrected chi connectivity index (χ1v) is 7.43. The fraction of sp³-hybridized carbons (Fsp3) is 0.312. The van der Waals surface area contributed by atoms with Gasteiger partial charge in [-0.05, 0) is 18.2 Å². The SMILES string of the molecule is COCC(NC(=O)Nc1ccc2c(c1)C(=O)OC2)c1ccnn1C. The smallest absolute Gasteiger partial charge is 0.338 e. The second kappa shape index (κ2) is 6.71.